The third-order valence-electron chi connectivity index (χ3n) is 2.69. The molecule has 2 heterocycles. The quantitative estimate of drug-likeness (QED) is 0.835. The minimum atomic E-state index is 0.345. The van der Waals surface area contributed by atoms with E-state index in [0.29, 0.717) is 16.7 Å². The number of aromatic nitrogens is 3. The van der Waals surface area contributed by atoms with Crippen molar-refractivity contribution >= 4 is 17.6 Å². The molecule has 2 rings (SSSR count). The summed E-state index contributed by atoms with van der Waals surface area (Å²) >= 11 is 1.43. The van der Waals surface area contributed by atoms with Crippen LogP contribution in [0.15, 0.2) is 16.2 Å². The molecule has 0 aliphatic rings. The maximum atomic E-state index is 5.83. The van der Waals surface area contributed by atoms with E-state index in [1.54, 1.807) is 14.2 Å². The fourth-order valence-electron chi connectivity index (χ4n) is 1.73. The van der Waals surface area contributed by atoms with Crippen LogP contribution in [0.1, 0.15) is 11.3 Å². The zero-order valence-corrected chi connectivity index (χ0v) is 12.1. The highest BCUT2D eigenvalue weighted by Crippen LogP contribution is 2.34. The van der Waals surface area contributed by atoms with Crippen LogP contribution < -0.4 is 15.2 Å². The number of methoxy groups -OCH3 is 2. The second-order valence-electron chi connectivity index (χ2n) is 3.92. The van der Waals surface area contributed by atoms with Gasteiger partial charge in [-0.1, -0.05) is 0 Å². The van der Waals surface area contributed by atoms with Crippen LogP contribution in [0.2, 0.25) is 0 Å². The highest BCUT2D eigenvalue weighted by atomic mass is 32.2. The Morgan fingerprint density at radius 2 is 1.95 bits per heavy atom. The molecular weight excluding hydrogens is 264 g/mol. The monoisotopic (exact) mass is 280 g/mol. The molecule has 3 N–H and O–H groups in total. The summed E-state index contributed by atoms with van der Waals surface area (Å²) in [6.07, 6.45) is 1.86. The number of rotatable bonds is 4. The predicted octanol–water partition coefficient (Wildman–Crippen LogP) is 2.17. The van der Waals surface area contributed by atoms with Crippen LogP contribution in [0.5, 0.6) is 11.6 Å². The Morgan fingerprint density at radius 3 is 2.47 bits per heavy atom. The number of aromatic amines is 1. The molecule has 2 aromatic heterocycles. The minimum Gasteiger partial charge on any atom is -0.491 e. The van der Waals surface area contributed by atoms with E-state index < -0.39 is 0 Å². The number of H-pyrrole nitrogens is 1. The molecule has 102 valence electrons. The summed E-state index contributed by atoms with van der Waals surface area (Å²) in [5.74, 6) is 1.60. The van der Waals surface area contributed by atoms with Gasteiger partial charge in [-0.2, -0.15) is 0 Å². The molecule has 0 spiro atoms. The van der Waals surface area contributed by atoms with E-state index in [2.05, 4.69) is 15.0 Å². The predicted molar refractivity (Wildman–Crippen MR) is 73.9 cm³/mol. The highest BCUT2D eigenvalue weighted by molar-refractivity contribution is 7.99. The molecule has 0 atom stereocenters. The van der Waals surface area contributed by atoms with Gasteiger partial charge in [-0.25, -0.2) is 9.97 Å². The molecule has 0 radical (unpaired) electrons. The first-order chi connectivity index (χ1) is 9.06. The van der Waals surface area contributed by atoms with Gasteiger partial charge in [0.2, 0.25) is 0 Å². The number of hydrogen-bond donors (Lipinski definition) is 2. The smallest absolute Gasteiger partial charge is 0.194 e. The second-order valence-corrected chi connectivity index (χ2v) is 4.93. The molecule has 6 nitrogen and oxygen atoms in total. The third-order valence-corrected chi connectivity index (χ3v) is 3.70. The highest BCUT2D eigenvalue weighted by Gasteiger charge is 2.13. The van der Waals surface area contributed by atoms with Gasteiger partial charge in [-0.05, 0) is 25.6 Å². The largest absolute Gasteiger partial charge is 0.491 e. The van der Waals surface area contributed by atoms with Crippen molar-refractivity contribution in [2.24, 2.45) is 0 Å². The van der Waals surface area contributed by atoms with E-state index in [-0.39, 0.29) is 0 Å². The number of nitrogen functional groups attached to an aromatic ring is 1. The molecule has 0 aromatic carbocycles. The van der Waals surface area contributed by atoms with Crippen molar-refractivity contribution in [3.63, 3.8) is 0 Å². The maximum absolute atomic E-state index is 5.83. The summed E-state index contributed by atoms with van der Waals surface area (Å²) in [6, 6.07) is 0. The number of aryl methyl sites for hydroxylation is 1. The van der Waals surface area contributed by atoms with Crippen LogP contribution in [0.3, 0.4) is 0 Å². The van der Waals surface area contributed by atoms with Crippen LogP contribution >= 0.6 is 11.8 Å². The summed E-state index contributed by atoms with van der Waals surface area (Å²) in [5, 5.41) is 0.584. The molecule has 0 amide bonds. The lowest BCUT2D eigenvalue weighted by atomic mass is 10.4. The van der Waals surface area contributed by atoms with E-state index in [0.717, 1.165) is 22.0 Å². The first kappa shape index (κ1) is 13.5. The Morgan fingerprint density at radius 1 is 1.21 bits per heavy atom. The third kappa shape index (κ3) is 2.60. The van der Waals surface area contributed by atoms with Gasteiger partial charge < -0.3 is 20.2 Å². The van der Waals surface area contributed by atoms with Crippen molar-refractivity contribution in [1.29, 1.82) is 0 Å². The topological polar surface area (TPSA) is 86.0 Å². The molecule has 2 aromatic rings. The van der Waals surface area contributed by atoms with E-state index in [1.165, 1.54) is 11.8 Å². The van der Waals surface area contributed by atoms with Crippen molar-refractivity contribution in [2.45, 2.75) is 23.9 Å². The van der Waals surface area contributed by atoms with Crippen LogP contribution in [0.4, 0.5) is 5.82 Å². The fraction of sp³-hybridized carbons (Fsp3) is 0.333. The van der Waals surface area contributed by atoms with Gasteiger partial charge in [0.1, 0.15) is 0 Å². The van der Waals surface area contributed by atoms with Crippen LogP contribution in [-0.4, -0.2) is 29.2 Å². The summed E-state index contributed by atoms with van der Waals surface area (Å²) < 4.78 is 10.3. The van der Waals surface area contributed by atoms with Crippen molar-refractivity contribution in [2.75, 3.05) is 20.0 Å². The number of nitrogens with one attached hydrogen (secondary N) is 1. The summed E-state index contributed by atoms with van der Waals surface area (Å²) in [4.78, 5) is 12.6. The summed E-state index contributed by atoms with van der Waals surface area (Å²) in [7, 11) is 3.18. The van der Waals surface area contributed by atoms with Crippen LogP contribution in [0, 0.1) is 13.8 Å². The van der Waals surface area contributed by atoms with Crippen LogP contribution in [0.25, 0.3) is 0 Å². The SMILES string of the molecule is COc1[nH]cc(Sc2nc(C)c(OC)c(N)n2)c1C. The van der Waals surface area contributed by atoms with E-state index in [1.807, 2.05) is 20.0 Å². The van der Waals surface area contributed by atoms with Crippen molar-refractivity contribution in [1.82, 2.24) is 15.0 Å². The Labute approximate surface area is 115 Å². The van der Waals surface area contributed by atoms with E-state index in [9.17, 15) is 0 Å². The first-order valence-corrected chi connectivity index (χ1v) is 6.46. The van der Waals surface area contributed by atoms with E-state index in [4.69, 9.17) is 15.2 Å². The molecule has 0 aliphatic heterocycles. The number of anilines is 1. The standard InChI is InChI=1S/C12H16N4O2S/c1-6-8(5-14-11(6)18-4)19-12-15-7(2)9(17-3)10(13)16-12/h5,14H,1-4H3,(H2,13,15,16). The summed E-state index contributed by atoms with van der Waals surface area (Å²) in [5.41, 5.74) is 7.57. The molecule has 0 aliphatic carbocycles. The van der Waals surface area contributed by atoms with Crippen molar-refractivity contribution in [3.8, 4) is 11.6 Å². The Kier molecular flexibility index (Phi) is 3.84. The number of hydrogen-bond acceptors (Lipinski definition) is 6. The van der Waals surface area contributed by atoms with Gasteiger partial charge in [0.25, 0.3) is 0 Å². The lowest BCUT2D eigenvalue weighted by Crippen LogP contribution is -2.02. The Bertz CT molecular complexity index is 574. The number of ether oxygens (including phenoxy) is 2. The molecule has 0 saturated carbocycles. The Hall–Kier alpha value is -1.89. The van der Waals surface area contributed by atoms with Gasteiger partial charge >= 0.3 is 0 Å². The molecular formula is C12H16N4O2S. The first-order valence-electron chi connectivity index (χ1n) is 5.64. The lowest BCUT2D eigenvalue weighted by molar-refractivity contribution is 0.397. The molecule has 0 fully saturated rings. The number of nitrogens with zero attached hydrogens (tertiary/aromatic N) is 2. The second kappa shape index (κ2) is 5.40. The lowest BCUT2D eigenvalue weighted by Gasteiger charge is -2.08. The summed E-state index contributed by atoms with van der Waals surface area (Å²) in [6.45, 7) is 3.81. The zero-order chi connectivity index (χ0) is 14.0. The van der Waals surface area contributed by atoms with Gasteiger partial charge in [0.15, 0.2) is 22.6 Å². The Balaban J connectivity index is 2.31. The van der Waals surface area contributed by atoms with Crippen molar-refractivity contribution < 1.29 is 9.47 Å². The van der Waals surface area contributed by atoms with Gasteiger partial charge in [0.05, 0.1) is 19.9 Å². The molecule has 0 unspecified atom stereocenters. The zero-order valence-electron chi connectivity index (χ0n) is 11.3. The minimum absolute atomic E-state index is 0.345. The molecule has 0 bridgehead atoms. The van der Waals surface area contributed by atoms with Gasteiger partial charge in [-0.3, -0.25) is 0 Å². The van der Waals surface area contributed by atoms with E-state index >= 15 is 0 Å². The van der Waals surface area contributed by atoms with Crippen LogP contribution in [-0.2, 0) is 0 Å². The van der Waals surface area contributed by atoms with Gasteiger partial charge in [0, 0.05) is 16.7 Å². The fourth-order valence-corrected chi connectivity index (χ4v) is 2.62. The molecule has 0 saturated heterocycles. The average Bonchev–Trinajstić information content (AvgIpc) is 2.70. The molecule has 19 heavy (non-hydrogen) atoms. The van der Waals surface area contributed by atoms with Gasteiger partial charge in [-0.15, -0.1) is 0 Å². The number of nitrogens with two attached hydrogens (primary N) is 1. The average molecular weight is 280 g/mol. The maximum Gasteiger partial charge on any atom is 0.194 e. The normalized spacial score (nSPS) is 10.5. The van der Waals surface area contributed by atoms with Crippen molar-refractivity contribution in [3.05, 3.63) is 17.5 Å². The molecule has 7 heteroatoms.